The van der Waals surface area contributed by atoms with Crippen LogP contribution in [-0.2, 0) is 0 Å². The average molecular weight is 460 g/mol. The van der Waals surface area contributed by atoms with Gasteiger partial charge in [0.1, 0.15) is 15.5 Å². The molecule has 0 aliphatic carbocycles. The lowest BCUT2D eigenvalue weighted by molar-refractivity contribution is 0.103. The van der Waals surface area contributed by atoms with E-state index in [4.69, 9.17) is 26.7 Å². The summed E-state index contributed by atoms with van der Waals surface area (Å²) in [6.45, 7) is 1.97. The Morgan fingerprint density at radius 1 is 1.09 bits per heavy atom. The fraction of sp³-hybridized carbons (Fsp3) is 0.0400. The van der Waals surface area contributed by atoms with Crippen LogP contribution in [0.25, 0.3) is 32.8 Å². The van der Waals surface area contributed by atoms with Crippen molar-refractivity contribution in [2.24, 2.45) is 0 Å². The van der Waals surface area contributed by atoms with Crippen molar-refractivity contribution in [1.29, 1.82) is 0 Å². The first-order valence-corrected chi connectivity index (χ1v) is 11.1. The summed E-state index contributed by atoms with van der Waals surface area (Å²) in [4.78, 5) is 18.9. The number of aromatic nitrogens is 1. The summed E-state index contributed by atoms with van der Waals surface area (Å²) < 4.78 is 5.67. The molecule has 5 nitrogen and oxygen atoms in total. The molecule has 3 heterocycles. The number of thiophene rings is 1. The maximum atomic E-state index is 13.1. The zero-order chi connectivity index (χ0) is 22.2. The molecule has 0 radical (unpaired) electrons. The van der Waals surface area contributed by atoms with Crippen molar-refractivity contribution in [2.45, 2.75) is 6.92 Å². The van der Waals surface area contributed by atoms with E-state index in [0.29, 0.717) is 37.3 Å². The highest BCUT2D eigenvalue weighted by Crippen LogP contribution is 2.41. The number of nitrogen functional groups attached to an aromatic ring is 1. The van der Waals surface area contributed by atoms with Gasteiger partial charge in [-0.25, -0.2) is 4.98 Å². The standard InChI is InChI=1S/C25H18ClN3O2S/c1-14-4-2-5-17(12-14)28-24(30)23-22(27)21-18(20-6-3-11-31-20)13-19(29-25(21)32-23)15-7-9-16(26)10-8-15/h2-13H,27H2,1H3,(H,28,30). The summed E-state index contributed by atoms with van der Waals surface area (Å²) in [6.07, 6.45) is 1.61. The van der Waals surface area contributed by atoms with Crippen molar-refractivity contribution < 1.29 is 9.21 Å². The molecular weight excluding hydrogens is 442 g/mol. The minimum absolute atomic E-state index is 0.269. The first-order chi connectivity index (χ1) is 15.5. The Hall–Kier alpha value is -3.61. The monoisotopic (exact) mass is 459 g/mol. The van der Waals surface area contributed by atoms with E-state index in [0.717, 1.165) is 22.4 Å². The topological polar surface area (TPSA) is 81.2 Å². The van der Waals surface area contributed by atoms with Crippen LogP contribution in [0.2, 0.25) is 5.02 Å². The summed E-state index contributed by atoms with van der Waals surface area (Å²) in [5, 5.41) is 4.29. The van der Waals surface area contributed by atoms with Gasteiger partial charge in [-0.15, -0.1) is 11.3 Å². The van der Waals surface area contributed by atoms with Gasteiger partial charge in [0.15, 0.2) is 0 Å². The summed E-state index contributed by atoms with van der Waals surface area (Å²) in [7, 11) is 0. The van der Waals surface area contributed by atoms with Gasteiger partial charge in [-0.3, -0.25) is 4.79 Å². The van der Waals surface area contributed by atoms with Crippen molar-refractivity contribution in [3.63, 3.8) is 0 Å². The number of nitrogens with one attached hydrogen (secondary N) is 1. The molecule has 0 aliphatic rings. The third-order valence-corrected chi connectivity index (χ3v) is 6.46. The number of pyridine rings is 1. The van der Waals surface area contributed by atoms with Gasteiger partial charge < -0.3 is 15.5 Å². The number of carbonyl (C=O) groups is 1. The van der Waals surface area contributed by atoms with Crippen LogP contribution in [-0.4, -0.2) is 10.9 Å². The zero-order valence-electron chi connectivity index (χ0n) is 17.1. The second-order valence-electron chi connectivity index (χ2n) is 7.39. The Kier molecular flexibility index (Phi) is 5.17. The second-order valence-corrected chi connectivity index (χ2v) is 8.82. The molecule has 5 aromatic rings. The fourth-order valence-electron chi connectivity index (χ4n) is 3.60. The molecule has 0 aliphatic heterocycles. The van der Waals surface area contributed by atoms with E-state index in [9.17, 15) is 4.79 Å². The van der Waals surface area contributed by atoms with E-state index in [1.807, 2.05) is 73.7 Å². The highest BCUT2D eigenvalue weighted by atomic mass is 35.5. The SMILES string of the molecule is Cc1cccc(NC(=O)c2sc3nc(-c4ccc(Cl)cc4)cc(-c4ccco4)c3c2N)c1. The maximum Gasteiger partial charge on any atom is 0.267 e. The third kappa shape index (κ3) is 3.75. The van der Waals surface area contributed by atoms with Crippen LogP contribution in [0.1, 0.15) is 15.2 Å². The largest absolute Gasteiger partial charge is 0.464 e. The molecule has 3 aromatic heterocycles. The van der Waals surface area contributed by atoms with Gasteiger partial charge in [-0.1, -0.05) is 35.9 Å². The molecule has 0 bridgehead atoms. The van der Waals surface area contributed by atoms with Crippen LogP contribution in [0.15, 0.2) is 77.4 Å². The van der Waals surface area contributed by atoms with E-state index >= 15 is 0 Å². The van der Waals surface area contributed by atoms with Crippen LogP contribution in [0.3, 0.4) is 0 Å². The van der Waals surface area contributed by atoms with E-state index < -0.39 is 0 Å². The van der Waals surface area contributed by atoms with Crippen LogP contribution in [0, 0.1) is 6.92 Å². The summed E-state index contributed by atoms with van der Waals surface area (Å²) >= 11 is 7.31. The minimum atomic E-state index is -0.269. The lowest BCUT2D eigenvalue weighted by atomic mass is 10.0. The fourth-order valence-corrected chi connectivity index (χ4v) is 4.74. The molecular formula is C25H18ClN3O2S. The Bertz CT molecular complexity index is 1440. The first kappa shape index (κ1) is 20.3. The van der Waals surface area contributed by atoms with Crippen molar-refractivity contribution in [1.82, 2.24) is 4.98 Å². The van der Waals surface area contributed by atoms with Crippen LogP contribution in [0.5, 0.6) is 0 Å². The molecule has 0 spiro atoms. The molecule has 0 saturated heterocycles. The van der Waals surface area contributed by atoms with Gasteiger partial charge in [0.25, 0.3) is 5.91 Å². The molecule has 0 saturated carbocycles. The number of nitrogens with two attached hydrogens (primary N) is 1. The first-order valence-electron chi connectivity index (χ1n) is 9.90. The summed E-state index contributed by atoms with van der Waals surface area (Å²) in [6, 6.07) is 20.7. The molecule has 0 unspecified atom stereocenters. The zero-order valence-corrected chi connectivity index (χ0v) is 18.6. The van der Waals surface area contributed by atoms with Crippen molar-refractivity contribution in [3.8, 4) is 22.6 Å². The Labute approximate surface area is 193 Å². The summed E-state index contributed by atoms with van der Waals surface area (Å²) in [5.74, 6) is 0.386. The quantitative estimate of drug-likeness (QED) is 0.302. The molecule has 3 N–H and O–H groups in total. The number of anilines is 2. The lowest BCUT2D eigenvalue weighted by Gasteiger charge is -2.07. The van der Waals surface area contributed by atoms with Gasteiger partial charge in [0.05, 0.1) is 17.6 Å². The number of rotatable bonds is 4. The maximum absolute atomic E-state index is 13.1. The number of halogens is 1. The van der Waals surface area contributed by atoms with Gasteiger partial charge in [0, 0.05) is 27.2 Å². The molecule has 5 rings (SSSR count). The van der Waals surface area contributed by atoms with E-state index in [1.54, 1.807) is 6.26 Å². The molecule has 0 atom stereocenters. The third-order valence-electron chi connectivity index (χ3n) is 5.11. The van der Waals surface area contributed by atoms with Crippen LogP contribution < -0.4 is 11.1 Å². The number of hydrogen-bond donors (Lipinski definition) is 2. The molecule has 7 heteroatoms. The minimum Gasteiger partial charge on any atom is -0.464 e. The number of nitrogens with zero attached hydrogens (tertiary/aromatic N) is 1. The number of carbonyl (C=O) groups excluding carboxylic acids is 1. The van der Waals surface area contributed by atoms with Gasteiger partial charge >= 0.3 is 0 Å². The van der Waals surface area contributed by atoms with Gasteiger partial charge in [-0.05, 0) is 55.0 Å². The van der Waals surface area contributed by atoms with E-state index in [-0.39, 0.29) is 5.91 Å². The number of aryl methyl sites for hydroxylation is 1. The van der Waals surface area contributed by atoms with E-state index in [1.165, 1.54) is 11.3 Å². The Morgan fingerprint density at radius 2 is 1.91 bits per heavy atom. The normalized spacial score (nSPS) is 11.1. The Morgan fingerprint density at radius 3 is 2.62 bits per heavy atom. The number of hydrogen-bond acceptors (Lipinski definition) is 5. The van der Waals surface area contributed by atoms with Gasteiger partial charge in [0.2, 0.25) is 0 Å². The van der Waals surface area contributed by atoms with E-state index in [2.05, 4.69) is 5.32 Å². The molecule has 1 amide bonds. The van der Waals surface area contributed by atoms with Crippen molar-refractivity contribution in [2.75, 3.05) is 11.1 Å². The molecule has 2 aromatic carbocycles. The Balaban J connectivity index is 1.65. The predicted octanol–water partition coefficient (Wildman–Crippen LogP) is 7.02. The molecule has 158 valence electrons. The highest BCUT2D eigenvalue weighted by molar-refractivity contribution is 7.21. The number of fused-ring (bicyclic) bond motifs is 1. The van der Waals surface area contributed by atoms with Crippen molar-refractivity contribution >= 4 is 50.4 Å². The highest BCUT2D eigenvalue weighted by Gasteiger charge is 2.22. The van der Waals surface area contributed by atoms with Gasteiger partial charge in [-0.2, -0.15) is 0 Å². The number of benzene rings is 2. The molecule has 32 heavy (non-hydrogen) atoms. The average Bonchev–Trinajstić information content (AvgIpc) is 3.42. The molecule has 0 fully saturated rings. The summed E-state index contributed by atoms with van der Waals surface area (Å²) in [5.41, 5.74) is 11.1. The smallest absolute Gasteiger partial charge is 0.267 e. The second kappa shape index (κ2) is 8.15. The van der Waals surface area contributed by atoms with Crippen LogP contribution in [0.4, 0.5) is 11.4 Å². The number of amides is 1. The van der Waals surface area contributed by atoms with Crippen molar-refractivity contribution in [3.05, 3.63) is 88.5 Å². The number of furan rings is 1. The lowest BCUT2D eigenvalue weighted by Crippen LogP contribution is -2.12. The van der Waals surface area contributed by atoms with Crippen LogP contribution >= 0.6 is 22.9 Å². The predicted molar refractivity (Wildman–Crippen MR) is 131 cm³/mol.